The highest BCUT2D eigenvalue weighted by Crippen LogP contribution is 2.20. The number of nitrogen functional groups attached to an aromatic ring is 2. The van der Waals surface area contributed by atoms with E-state index in [4.69, 9.17) is 34.5 Å². The Kier molecular flexibility index (Phi) is 9.99. The van der Waals surface area contributed by atoms with Crippen molar-refractivity contribution in [2.45, 2.75) is 38.0 Å². The molecule has 36 heavy (non-hydrogen) atoms. The SMILES string of the molecule is CC(C)[C@H](CS(=O)(=O)c1ccc(CCCCN=C(N)NC(=O)c2nc(Cl)c(N)nc2N)cc1)C(N)=O. The number of halogens is 1. The molecule has 0 saturated heterocycles. The van der Waals surface area contributed by atoms with Gasteiger partial charge < -0.3 is 22.9 Å². The van der Waals surface area contributed by atoms with Crippen LogP contribution in [0.5, 0.6) is 0 Å². The molecule has 12 nitrogen and oxygen atoms in total. The summed E-state index contributed by atoms with van der Waals surface area (Å²) in [5, 5.41) is 2.21. The number of nitrogens with one attached hydrogen (secondary N) is 1. The van der Waals surface area contributed by atoms with E-state index in [1.807, 2.05) is 0 Å². The van der Waals surface area contributed by atoms with Crippen molar-refractivity contribution in [3.8, 4) is 0 Å². The number of hydrogen-bond donors (Lipinski definition) is 5. The average molecular weight is 539 g/mol. The fourth-order valence-corrected chi connectivity index (χ4v) is 5.16. The van der Waals surface area contributed by atoms with Gasteiger partial charge >= 0.3 is 0 Å². The summed E-state index contributed by atoms with van der Waals surface area (Å²) in [4.78, 5) is 35.6. The first kappa shape index (κ1) is 28.8. The van der Waals surface area contributed by atoms with E-state index < -0.39 is 27.6 Å². The van der Waals surface area contributed by atoms with E-state index in [-0.39, 0.29) is 45.0 Å². The van der Waals surface area contributed by atoms with Crippen LogP contribution in [-0.2, 0) is 21.1 Å². The molecule has 2 amide bonds. The first-order valence-corrected chi connectivity index (χ1v) is 13.2. The molecule has 196 valence electrons. The molecule has 0 fully saturated rings. The quantitative estimate of drug-likeness (QED) is 0.155. The second-order valence-corrected chi connectivity index (χ2v) is 10.9. The summed E-state index contributed by atoms with van der Waals surface area (Å²) in [6.07, 6.45) is 2.11. The van der Waals surface area contributed by atoms with E-state index in [1.165, 1.54) is 12.1 Å². The molecule has 9 N–H and O–H groups in total. The lowest BCUT2D eigenvalue weighted by atomic mass is 9.98. The highest BCUT2D eigenvalue weighted by Gasteiger charge is 2.27. The van der Waals surface area contributed by atoms with Gasteiger partial charge in [0.25, 0.3) is 5.91 Å². The highest BCUT2D eigenvalue weighted by atomic mass is 35.5. The first-order chi connectivity index (χ1) is 16.8. The van der Waals surface area contributed by atoms with Crippen LogP contribution in [0, 0.1) is 11.8 Å². The van der Waals surface area contributed by atoms with Gasteiger partial charge in [-0.15, -0.1) is 0 Å². The van der Waals surface area contributed by atoms with Gasteiger partial charge in [0.1, 0.15) is 0 Å². The number of guanidine groups is 1. The van der Waals surface area contributed by atoms with Crippen molar-refractivity contribution in [2.75, 3.05) is 23.8 Å². The molecular weight excluding hydrogens is 508 g/mol. The Morgan fingerprint density at radius 3 is 2.28 bits per heavy atom. The molecule has 1 heterocycles. The monoisotopic (exact) mass is 538 g/mol. The van der Waals surface area contributed by atoms with Crippen molar-refractivity contribution in [1.29, 1.82) is 0 Å². The molecule has 1 aromatic heterocycles. The number of benzene rings is 1. The second-order valence-electron chi connectivity index (χ2n) is 8.49. The third kappa shape index (κ3) is 8.05. The summed E-state index contributed by atoms with van der Waals surface area (Å²) in [7, 11) is -3.64. The normalized spacial score (nSPS) is 12.9. The molecule has 0 aliphatic heterocycles. The van der Waals surface area contributed by atoms with Crippen molar-refractivity contribution in [2.24, 2.45) is 28.3 Å². The largest absolute Gasteiger partial charge is 0.382 e. The second kappa shape index (κ2) is 12.5. The topological polar surface area (TPSA) is 223 Å². The molecule has 0 unspecified atom stereocenters. The number of amides is 2. The van der Waals surface area contributed by atoms with E-state index in [0.29, 0.717) is 19.4 Å². The minimum absolute atomic E-state index is 0.0912. The summed E-state index contributed by atoms with van der Waals surface area (Å²) in [6, 6.07) is 6.55. The number of hydrogen-bond acceptors (Lipinski definition) is 9. The van der Waals surface area contributed by atoms with E-state index in [1.54, 1.807) is 26.0 Å². The van der Waals surface area contributed by atoms with Crippen molar-refractivity contribution < 1.29 is 18.0 Å². The number of nitrogens with two attached hydrogens (primary N) is 4. The Hall–Kier alpha value is -3.45. The number of nitrogens with zero attached hydrogens (tertiary/aromatic N) is 3. The van der Waals surface area contributed by atoms with Gasteiger partial charge in [0.2, 0.25) is 5.91 Å². The third-order valence-corrected chi connectivity index (χ3v) is 7.44. The lowest BCUT2D eigenvalue weighted by molar-refractivity contribution is -0.122. The number of aliphatic imine (C=N–C) groups is 1. The maximum Gasteiger partial charge on any atom is 0.280 e. The van der Waals surface area contributed by atoms with Gasteiger partial charge in [-0.05, 0) is 42.9 Å². The Balaban J connectivity index is 1.84. The van der Waals surface area contributed by atoms with Gasteiger partial charge in [-0.1, -0.05) is 37.6 Å². The number of sulfone groups is 1. The van der Waals surface area contributed by atoms with Crippen LogP contribution < -0.4 is 28.3 Å². The van der Waals surface area contributed by atoms with Crippen molar-refractivity contribution >= 4 is 50.8 Å². The predicted octanol–water partition coefficient (Wildman–Crippen LogP) is 0.893. The van der Waals surface area contributed by atoms with Gasteiger partial charge in [0.05, 0.1) is 16.6 Å². The summed E-state index contributed by atoms with van der Waals surface area (Å²) >= 11 is 5.77. The summed E-state index contributed by atoms with van der Waals surface area (Å²) in [5.74, 6) is -2.97. The third-order valence-electron chi connectivity index (χ3n) is 5.37. The standard InChI is InChI=1S/C22H31ClN8O4S/c1-12(2)15(20(26)32)11-36(34,35)14-8-6-13(7-9-14)5-3-4-10-28-22(27)31-21(33)16-18(24)30-19(25)17(23)29-16/h6-9,12,15H,3-5,10-11H2,1-2H3,(H2,26,32)(H4,24,25,30)(H3,27,28,31,33)/t15-/m0/s1. The highest BCUT2D eigenvalue weighted by molar-refractivity contribution is 7.91. The van der Waals surface area contributed by atoms with Crippen LogP contribution in [0.2, 0.25) is 5.15 Å². The van der Waals surface area contributed by atoms with Gasteiger partial charge in [-0.25, -0.2) is 18.4 Å². The van der Waals surface area contributed by atoms with E-state index in [0.717, 1.165) is 12.0 Å². The Labute approximate surface area is 214 Å². The number of primary amides is 1. The zero-order valence-electron chi connectivity index (χ0n) is 20.1. The van der Waals surface area contributed by atoms with E-state index in [2.05, 4.69) is 20.3 Å². The first-order valence-electron chi connectivity index (χ1n) is 11.1. The van der Waals surface area contributed by atoms with Crippen LogP contribution in [0.3, 0.4) is 0 Å². The molecule has 1 aromatic carbocycles. The zero-order chi connectivity index (χ0) is 27.0. The number of carbonyl (C=O) groups is 2. The molecular formula is C22H31ClN8O4S. The lowest BCUT2D eigenvalue weighted by Crippen LogP contribution is -2.38. The number of aromatic nitrogens is 2. The van der Waals surface area contributed by atoms with Crippen LogP contribution in [-0.4, -0.2) is 48.5 Å². The molecule has 1 atom stereocenters. The summed E-state index contributed by atoms with van der Waals surface area (Å²) < 4.78 is 25.3. The molecule has 0 aliphatic rings. The summed E-state index contributed by atoms with van der Waals surface area (Å²) in [5.41, 5.74) is 22.9. The van der Waals surface area contributed by atoms with Gasteiger partial charge in [0.15, 0.2) is 38.3 Å². The van der Waals surface area contributed by atoms with Crippen molar-refractivity contribution in [3.05, 3.63) is 40.7 Å². The Morgan fingerprint density at radius 2 is 1.69 bits per heavy atom. The fourth-order valence-electron chi connectivity index (χ4n) is 3.26. The predicted molar refractivity (Wildman–Crippen MR) is 139 cm³/mol. The molecule has 0 bridgehead atoms. The minimum Gasteiger partial charge on any atom is -0.382 e. The molecule has 0 radical (unpaired) electrons. The molecule has 0 spiro atoms. The lowest BCUT2D eigenvalue weighted by Gasteiger charge is -2.17. The van der Waals surface area contributed by atoms with Crippen LogP contribution in [0.1, 0.15) is 42.7 Å². The maximum atomic E-state index is 12.7. The van der Waals surface area contributed by atoms with Crippen LogP contribution in [0.15, 0.2) is 34.2 Å². The number of unbranched alkanes of at least 4 members (excludes halogenated alkanes) is 1. The van der Waals surface area contributed by atoms with E-state index in [9.17, 15) is 18.0 Å². The molecule has 14 heteroatoms. The van der Waals surface area contributed by atoms with E-state index >= 15 is 0 Å². The molecule has 2 rings (SSSR count). The van der Waals surface area contributed by atoms with Gasteiger partial charge in [-0.2, -0.15) is 0 Å². The van der Waals surface area contributed by atoms with Crippen LogP contribution in [0.25, 0.3) is 0 Å². The Bertz CT molecular complexity index is 1230. The smallest absolute Gasteiger partial charge is 0.280 e. The molecule has 0 saturated carbocycles. The zero-order valence-corrected chi connectivity index (χ0v) is 21.6. The maximum absolute atomic E-state index is 12.7. The van der Waals surface area contributed by atoms with Crippen LogP contribution in [0.4, 0.5) is 11.6 Å². The molecule has 0 aliphatic carbocycles. The fraction of sp³-hybridized carbons (Fsp3) is 0.409. The van der Waals surface area contributed by atoms with Gasteiger partial charge in [0, 0.05) is 6.54 Å². The van der Waals surface area contributed by atoms with Crippen LogP contribution >= 0.6 is 11.6 Å². The number of aryl methyl sites for hydroxylation is 1. The van der Waals surface area contributed by atoms with Crippen molar-refractivity contribution in [3.63, 3.8) is 0 Å². The van der Waals surface area contributed by atoms with Gasteiger partial charge in [-0.3, -0.25) is 19.9 Å². The number of rotatable bonds is 11. The number of carbonyl (C=O) groups excluding carboxylic acids is 2. The number of anilines is 2. The average Bonchev–Trinajstić information content (AvgIpc) is 2.79. The molecule has 2 aromatic rings. The minimum atomic E-state index is -3.64. The Morgan fingerprint density at radius 1 is 1.06 bits per heavy atom. The summed E-state index contributed by atoms with van der Waals surface area (Å²) in [6.45, 7) is 3.88. The van der Waals surface area contributed by atoms with Crippen molar-refractivity contribution in [1.82, 2.24) is 15.3 Å².